The third-order valence-electron chi connectivity index (χ3n) is 4.93. The molecule has 1 amide bonds. The van der Waals surface area contributed by atoms with Gasteiger partial charge in [0.1, 0.15) is 0 Å². The molecule has 1 aromatic carbocycles. The summed E-state index contributed by atoms with van der Waals surface area (Å²) >= 11 is 0. The van der Waals surface area contributed by atoms with Crippen LogP contribution in [0.1, 0.15) is 12.0 Å². The van der Waals surface area contributed by atoms with E-state index in [-0.39, 0.29) is 11.9 Å². The molecule has 3 rings (SSSR count). The van der Waals surface area contributed by atoms with E-state index >= 15 is 0 Å². The molecule has 5 heteroatoms. The largest absolute Gasteiger partial charge is 0.390 e. The maximum atomic E-state index is 12.3. The molecule has 0 unspecified atom stereocenters. The molecule has 128 valence electrons. The second-order valence-electron chi connectivity index (χ2n) is 6.63. The van der Waals surface area contributed by atoms with Gasteiger partial charge in [0.25, 0.3) is 5.91 Å². The van der Waals surface area contributed by atoms with E-state index in [2.05, 4.69) is 28.7 Å². The molecule has 0 aromatic heterocycles. The molecular weight excluding hydrogens is 302 g/mol. The number of benzene rings is 1. The highest BCUT2D eigenvalue weighted by Gasteiger charge is 2.34. The third kappa shape index (κ3) is 4.15. The molecule has 2 heterocycles. The average molecular weight is 327 g/mol. The number of hydrogen-bond donors (Lipinski definition) is 1. The number of likely N-dealkylation sites (N-methyl/N-ethyl adjacent to an activating group) is 1. The molecule has 24 heavy (non-hydrogen) atoms. The topological polar surface area (TPSA) is 47.0 Å². The summed E-state index contributed by atoms with van der Waals surface area (Å²) in [6.07, 6.45) is 0.313. The average Bonchev–Trinajstić information content (AvgIpc) is 2.61. The fourth-order valence-electron chi connectivity index (χ4n) is 3.41. The Morgan fingerprint density at radius 2 is 1.83 bits per heavy atom. The maximum Gasteiger partial charge on any atom is 0.298 e. The van der Waals surface area contributed by atoms with Crippen LogP contribution >= 0.6 is 0 Å². The van der Waals surface area contributed by atoms with Crippen molar-refractivity contribution < 1.29 is 9.90 Å². The highest BCUT2D eigenvalue weighted by molar-refractivity contribution is 5.94. The third-order valence-corrected chi connectivity index (χ3v) is 4.93. The van der Waals surface area contributed by atoms with Crippen LogP contribution in [0.15, 0.2) is 30.3 Å². The molecule has 2 aliphatic rings. The summed E-state index contributed by atoms with van der Waals surface area (Å²) in [6, 6.07) is 9.65. The van der Waals surface area contributed by atoms with Crippen molar-refractivity contribution in [2.45, 2.75) is 18.6 Å². The first kappa shape index (κ1) is 17.0. The van der Waals surface area contributed by atoms with Gasteiger partial charge in [0.15, 0.2) is 0 Å². The van der Waals surface area contributed by atoms with Crippen molar-refractivity contribution in [2.24, 2.45) is 0 Å². The molecular formula is C19H25N3O2. The van der Waals surface area contributed by atoms with E-state index in [1.165, 1.54) is 0 Å². The summed E-state index contributed by atoms with van der Waals surface area (Å²) in [7, 11) is 2.13. The van der Waals surface area contributed by atoms with Gasteiger partial charge >= 0.3 is 0 Å². The van der Waals surface area contributed by atoms with Gasteiger partial charge in [0, 0.05) is 56.8 Å². The SMILES string of the molecule is CN1CCN([C@@H]2CCN(C(=O)C#Cc3ccccc3)C[C@H]2O)CC1. The second kappa shape index (κ2) is 7.80. The summed E-state index contributed by atoms with van der Waals surface area (Å²) in [5.74, 6) is 5.39. The monoisotopic (exact) mass is 327 g/mol. The van der Waals surface area contributed by atoms with Crippen LogP contribution in [0.25, 0.3) is 0 Å². The van der Waals surface area contributed by atoms with E-state index in [0.29, 0.717) is 13.1 Å². The van der Waals surface area contributed by atoms with Gasteiger partial charge in [0.05, 0.1) is 6.10 Å². The molecule has 0 bridgehead atoms. The number of amides is 1. The maximum absolute atomic E-state index is 12.3. The van der Waals surface area contributed by atoms with Gasteiger partial charge in [-0.2, -0.15) is 0 Å². The summed E-state index contributed by atoms with van der Waals surface area (Å²) in [4.78, 5) is 18.6. The van der Waals surface area contributed by atoms with Gasteiger partial charge in [-0.1, -0.05) is 24.1 Å². The molecule has 5 nitrogen and oxygen atoms in total. The number of piperazine rings is 1. The lowest BCUT2D eigenvalue weighted by molar-refractivity contribution is -0.130. The molecule has 0 radical (unpaired) electrons. The highest BCUT2D eigenvalue weighted by Crippen LogP contribution is 2.18. The molecule has 2 saturated heterocycles. The molecule has 2 fully saturated rings. The van der Waals surface area contributed by atoms with Crippen LogP contribution < -0.4 is 0 Å². The fourth-order valence-corrected chi connectivity index (χ4v) is 3.41. The van der Waals surface area contributed by atoms with E-state index in [1.54, 1.807) is 4.90 Å². The standard InChI is InChI=1S/C19H25N3O2/c1-20-11-13-21(14-12-20)17-9-10-22(15-18(17)23)19(24)8-7-16-5-3-2-4-6-16/h2-6,17-18,23H,9-15H2,1H3/t17-,18-/m1/s1. The zero-order chi connectivity index (χ0) is 16.9. The Morgan fingerprint density at radius 3 is 2.50 bits per heavy atom. The number of aliphatic hydroxyl groups is 1. The Bertz CT molecular complexity index is 614. The Labute approximate surface area is 143 Å². The van der Waals surface area contributed by atoms with Crippen LogP contribution in [0.3, 0.4) is 0 Å². The zero-order valence-corrected chi connectivity index (χ0v) is 14.2. The predicted molar refractivity (Wildman–Crippen MR) is 93.4 cm³/mol. The predicted octanol–water partition coefficient (Wildman–Crippen LogP) is 0.247. The fraction of sp³-hybridized carbons (Fsp3) is 0.526. The van der Waals surface area contributed by atoms with Gasteiger partial charge in [-0.3, -0.25) is 9.69 Å². The van der Waals surface area contributed by atoms with Crippen molar-refractivity contribution >= 4 is 5.91 Å². The number of piperidine rings is 1. The molecule has 2 atom stereocenters. The van der Waals surface area contributed by atoms with Crippen molar-refractivity contribution in [2.75, 3.05) is 46.3 Å². The highest BCUT2D eigenvalue weighted by atomic mass is 16.3. The Kier molecular flexibility index (Phi) is 5.52. The first-order valence-corrected chi connectivity index (χ1v) is 8.60. The summed E-state index contributed by atoms with van der Waals surface area (Å²) < 4.78 is 0. The summed E-state index contributed by atoms with van der Waals surface area (Å²) in [5.41, 5.74) is 0.832. The minimum absolute atomic E-state index is 0.157. The van der Waals surface area contributed by atoms with E-state index in [0.717, 1.165) is 38.2 Å². The molecule has 1 aromatic rings. The minimum atomic E-state index is -0.496. The number of β-amino-alcohol motifs (C(OH)–C–C–N with tert-alkyl or cyclic N) is 1. The van der Waals surface area contributed by atoms with Crippen molar-refractivity contribution in [1.82, 2.24) is 14.7 Å². The van der Waals surface area contributed by atoms with Crippen LogP contribution in [-0.2, 0) is 4.79 Å². The van der Waals surface area contributed by atoms with Crippen molar-refractivity contribution in [3.8, 4) is 11.8 Å². The number of likely N-dealkylation sites (tertiary alicyclic amines) is 1. The first-order chi connectivity index (χ1) is 11.6. The van der Waals surface area contributed by atoms with E-state index < -0.39 is 6.10 Å². The van der Waals surface area contributed by atoms with Gasteiger partial charge in [0.2, 0.25) is 0 Å². The van der Waals surface area contributed by atoms with Crippen molar-refractivity contribution in [3.05, 3.63) is 35.9 Å². The number of rotatable bonds is 1. The first-order valence-electron chi connectivity index (χ1n) is 8.60. The smallest absolute Gasteiger partial charge is 0.298 e. The van der Waals surface area contributed by atoms with Gasteiger partial charge in [-0.25, -0.2) is 0 Å². The lowest BCUT2D eigenvalue weighted by Crippen LogP contribution is -2.59. The quantitative estimate of drug-likeness (QED) is 0.751. The van der Waals surface area contributed by atoms with Crippen LogP contribution in [0.4, 0.5) is 0 Å². The molecule has 0 saturated carbocycles. The van der Waals surface area contributed by atoms with Crippen molar-refractivity contribution in [3.63, 3.8) is 0 Å². The number of aliphatic hydroxyl groups excluding tert-OH is 1. The van der Waals surface area contributed by atoms with E-state index in [9.17, 15) is 9.90 Å². The minimum Gasteiger partial charge on any atom is -0.390 e. The Hall–Kier alpha value is -1.87. The van der Waals surface area contributed by atoms with Crippen molar-refractivity contribution in [1.29, 1.82) is 0 Å². The molecule has 0 spiro atoms. The van der Waals surface area contributed by atoms with Gasteiger partial charge in [-0.15, -0.1) is 0 Å². The van der Waals surface area contributed by atoms with Gasteiger partial charge < -0.3 is 14.9 Å². The summed E-state index contributed by atoms with van der Waals surface area (Å²) in [5, 5.41) is 10.5. The lowest BCUT2D eigenvalue weighted by atomic mass is 9.99. The van der Waals surface area contributed by atoms with Crippen LogP contribution in [0.5, 0.6) is 0 Å². The van der Waals surface area contributed by atoms with Crippen LogP contribution in [-0.4, -0.2) is 84.2 Å². The number of nitrogens with zero attached hydrogens (tertiary/aromatic N) is 3. The molecule has 0 aliphatic carbocycles. The molecule has 1 N–H and O–H groups in total. The van der Waals surface area contributed by atoms with Crippen LogP contribution in [0.2, 0.25) is 0 Å². The second-order valence-corrected chi connectivity index (χ2v) is 6.63. The van der Waals surface area contributed by atoms with E-state index in [4.69, 9.17) is 0 Å². The number of hydrogen-bond acceptors (Lipinski definition) is 4. The van der Waals surface area contributed by atoms with E-state index in [1.807, 2.05) is 30.3 Å². The normalized spacial score (nSPS) is 25.8. The lowest BCUT2D eigenvalue weighted by Gasteiger charge is -2.44. The van der Waals surface area contributed by atoms with Gasteiger partial charge in [-0.05, 0) is 25.6 Å². The number of carbonyl (C=O) groups excluding carboxylic acids is 1. The van der Waals surface area contributed by atoms with Crippen LogP contribution in [0, 0.1) is 11.8 Å². The molecule has 2 aliphatic heterocycles. The Balaban J connectivity index is 1.55. The number of carbonyl (C=O) groups is 1. The Morgan fingerprint density at radius 1 is 1.12 bits per heavy atom. The summed E-state index contributed by atoms with van der Waals surface area (Å²) in [6.45, 7) is 5.08. The zero-order valence-electron chi connectivity index (χ0n) is 14.2.